The molecule has 1 saturated heterocycles. The van der Waals surface area contributed by atoms with Crippen LogP contribution in [0.4, 0.5) is 0 Å². The lowest BCUT2D eigenvalue weighted by Crippen LogP contribution is -2.58. The van der Waals surface area contributed by atoms with Gasteiger partial charge in [-0.2, -0.15) is 0 Å². The summed E-state index contributed by atoms with van der Waals surface area (Å²) in [6.45, 7) is 4.92. The van der Waals surface area contributed by atoms with Gasteiger partial charge in [0.05, 0.1) is 35.1 Å². The molecule has 2 aliphatic rings. The minimum absolute atomic E-state index is 0.0374. The number of hydrogen-bond acceptors (Lipinski definition) is 6. The molecular formula is C28H33Cl2NO7S. The largest absolute Gasteiger partial charge is 0.495 e. The van der Waals surface area contributed by atoms with Gasteiger partial charge in [0.15, 0.2) is 9.84 Å². The number of amides is 1. The van der Waals surface area contributed by atoms with E-state index in [0.717, 1.165) is 12.8 Å². The van der Waals surface area contributed by atoms with Gasteiger partial charge in [-0.05, 0) is 74.9 Å². The summed E-state index contributed by atoms with van der Waals surface area (Å²) in [6, 6.07) is 10.6. The quantitative estimate of drug-likeness (QED) is 0.407. The van der Waals surface area contributed by atoms with E-state index in [-0.39, 0.29) is 11.7 Å². The highest BCUT2D eigenvalue weighted by atomic mass is 35.5. The minimum Gasteiger partial charge on any atom is -0.495 e. The number of methoxy groups -OCH3 is 1. The lowest BCUT2D eigenvalue weighted by Gasteiger charge is -2.48. The fraction of sp³-hybridized carbons (Fsp3) is 0.500. The number of halogens is 2. The van der Waals surface area contributed by atoms with Crippen LogP contribution in [-0.2, 0) is 24.2 Å². The van der Waals surface area contributed by atoms with Crippen molar-refractivity contribution >= 4 is 44.9 Å². The van der Waals surface area contributed by atoms with Crippen LogP contribution in [0, 0.1) is 5.92 Å². The number of carbonyl (C=O) groups excluding carboxylic acids is 1. The molecule has 2 aromatic carbocycles. The van der Waals surface area contributed by atoms with E-state index in [1.165, 1.54) is 7.11 Å². The second-order valence-electron chi connectivity index (χ2n) is 11.1. The number of benzene rings is 2. The third-order valence-electron chi connectivity index (χ3n) is 7.35. The molecule has 8 nitrogen and oxygen atoms in total. The number of hydrogen-bond donors (Lipinski definition) is 1. The number of carboxylic acid groups (broad SMARTS) is 1. The third kappa shape index (κ3) is 6.37. The maximum atomic E-state index is 14.0. The molecule has 0 aromatic heterocycles. The third-order valence-corrected chi connectivity index (χ3v) is 10.5. The maximum absolute atomic E-state index is 14.0. The van der Waals surface area contributed by atoms with E-state index in [0.29, 0.717) is 26.9 Å². The van der Waals surface area contributed by atoms with E-state index < -0.39 is 57.2 Å². The van der Waals surface area contributed by atoms with Gasteiger partial charge in [0.1, 0.15) is 18.0 Å². The van der Waals surface area contributed by atoms with Crippen molar-refractivity contribution in [3.05, 3.63) is 63.6 Å². The van der Waals surface area contributed by atoms with E-state index in [1.807, 2.05) is 0 Å². The van der Waals surface area contributed by atoms with Crippen molar-refractivity contribution < 1.29 is 32.6 Å². The molecule has 212 valence electrons. The van der Waals surface area contributed by atoms with E-state index in [9.17, 15) is 23.1 Å². The predicted molar refractivity (Wildman–Crippen MR) is 149 cm³/mol. The first-order chi connectivity index (χ1) is 18.2. The Bertz CT molecular complexity index is 1340. The van der Waals surface area contributed by atoms with Crippen molar-refractivity contribution in [3.63, 3.8) is 0 Å². The normalized spacial score (nSPS) is 23.0. The minimum atomic E-state index is -3.64. The van der Waals surface area contributed by atoms with Crippen LogP contribution in [0.2, 0.25) is 10.0 Å². The Kier molecular flexibility index (Phi) is 8.57. The standard InChI is InChI=1S/C28H33Cl2NO7S/c1-28(2,3)39(35,36)15-21(16-5-6-16)31-25(17-7-10-19(29)11-8-17)26(38-23(27(31)34)14-24(32)33)18-9-12-22(37-4)20(30)13-18/h7-13,16,21,23,25-26H,5-6,14-15H2,1-4H3,(H,32,33). The summed E-state index contributed by atoms with van der Waals surface area (Å²) < 4.78 is 37.4. The second-order valence-corrected chi connectivity index (χ2v) is 14.7. The van der Waals surface area contributed by atoms with Crippen molar-refractivity contribution in [1.82, 2.24) is 4.90 Å². The average molecular weight is 599 g/mol. The number of aliphatic carboxylic acids is 1. The summed E-state index contributed by atoms with van der Waals surface area (Å²) in [5.74, 6) is -1.58. The van der Waals surface area contributed by atoms with Crippen LogP contribution >= 0.6 is 23.2 Å². The van der Waals surface area contributed by atoms with Crippen molar-refractivity contribution in [2.75, 3.05) is 12.9 Å². The van der Waals surface area contributed by atoms with E-state index in [2.05, 4.69) is 0 Å². The first-order valence-electron chi connectivity index (χ1n) is 12.7. The molecule has 4 atom stereocenters. The van der Waals surface area contributed by atoms with Crippen LogP contribution in [0.5, 0.6) is 5.75 Å². The SMILES string of the molecule is COc1ccc(C2OC(CC(=O)O)C(=O)N(C(CS(=O)(=O)C(C)(C)C)C3CC3)C2c2ccc(Cl)cc2)cc1Cl. The second kappa shape index (κ2) is 11.3. The molecule has 1 heterocycles. The number of sulfone groups is 1. The Morgan fingerprint density at radius 1 is 1.13 bits per heavy atom. The monoisotopic (exact) mass is 597 g/mol. The van der Waals surface area contributed by atoms with Gasteiger partial charge < -0.3 is 19.5 Å². The molecule has 2 aromatic rings. The smallest absolute Gasteiger partial charge is 0.306 e. The molecule has 1 saturated carbocycles. The molecule has 1 N–H and O–H groups in total. The van der Waals surface area contributed by atoms with Crippen LogP contribution in [-0.4, -0.2) is 60.1 Å². The summed E-state index contributed by atoms with van der Waals surface area (Å²) >= 11 is 12.6. The predicted octanol–water partition coefficient (Wildman–Crippen LogP) is 5.48. The topological polar surface area (TPSA) is 110 Å². The van der Waals surface area contributed by atoms with E-state index >= 15 is 0 Å². The number of carbonyl (C=O) groups is 2. The summed E-state index contributed by atoms with van der Waals surface area (Å²) in [5, 5.41) is 10.4. The maximum Gasteiger partial charge on any atom is 0.306 e. The fourth-order valence-electron chi connectivity index (χ4n) is 4.94. The number of morpholine rings is 1. The van der Waals surface area contributed by atoms with E-state index in [4.69, 9.17) is 32.7 Å². The molecule has 11 heteroatoms. The molecule has 39 heavy (non-hydrogen) atoms. The van der Waals surface area contributed by atoms with Gasteiger partial charge >= 0.3 is 5.97 Å². The Balaban J connectivity index is 1.90. The zero-order valence-electron chi connectivity index (χ0n) is 22.3. The van der Waals surface area contributed by atoms with Gasteiger partial charge in [0.25, 0.3) is 5.91 Å². The van der Waals surface area contributed by atoms with E-state index in [1.54, 1.807) is 68.1 Å². The highest BCUT2D eigenvalue weighted by Crippen LogP contribution is 2.49. The lowest BCUT2D eigenvalue weighted by molar-refractivity contribution is -0.183. The lowest BCUT2D eigenvalue weighted by atomic mass is 9.89. The van der Waals surface area contributed by atoms with Gasteiger partial charge in [-0.25, -0.2) is 8.42 Å². The molecule has 1 amide bonds. The van der Waals surface area contributed by atoms with Crippen molar-refractivity contribution in [1.29, 1.82) is 0 Å². The van der Waals surface area contributed by atoms with Crippen molar-refractivity contribution in [2.45, 2.75) is 69.1 Å². The first-order valence-corrected chi connectivity index (χ1v) is 15.1. The Labute approximate surface area is 239 Å². The van der Waals surface area contributed by atoms with Crippen LogP contribution in [0.15, 0.2) is 42.5 Å². The van der Waals surface area contributed by atoms with Crippen LogP contribution in [0.3, 0.4) is 0 Å². The molecule has 4 rings (SSSR count). The Morgan fingerprint density at radius 2 is 1.74 bits per heavy atom. The molecule has 1 aliphatic carbocycles. The fourth-order valence-corrected chi connectivity index (χ4v) is 6.71. The number of nitrogens with zero attached hydrogens (tertiary/aromatic N) is 1. The van der Waals surface area contributed by atoms with Gasteiger partial charge in [-0.1, -0.05) is 41.4 Å². The number of rotatable bonds is 9. The molecular weight excluding hydrogens is 565 g/mol. The first kappa shape index (κ1) is 29.6. The Hall–Kier alpha value is -2.33. The van der Waals surface area contributed by atoms with Gasteiger partial charge in [-0.3, -0.25) is 9.59 Å². The van der Waals surface area contributed by atoms with Gasteiger partial charge in [-0.15, -0.1) is 0 Å². The zero-order valence-corrected chi connectivity index (χ0v) is 24.6. The highest BCUT2D eigenvalue weighted by Gasteiger charge is 2.52. The molecule has 0 spiro atoms. The van der Waals surface area contributed by atoms with Gasteiger partial charge in [0, 0.05) is 11.1 Å². The molecule has 0 bridgehead atoms. The van der Waals surface area contributed by atoms with Crippen molar-refractivity contribution in [3.8, 4) is 5.75 Å². The molecule has 4 unspecified atom stereocenters. The average Bonchev–Trinajstić information content (AvgIpc) is 3.69. The van der Waals surface area contributed by atoms with Crippen LogP contribution in [0.1, 0.15) is 63.3 Å². The number of carboxylic acids is 1. The summed E-state index contributed by atoms with van der Waals surface area (Å²) in [4.78, 5) is 27.4. The van der Waals surface area contributed by atoms with Gasteiger partial charge in [0.2, 0.25) is 0 Å². The molecule has 2 fully saturated rings. The molecule has 0 radical (unpaired) electrons. The molecule has 1 aliphatic heterocycles. The Morgan fingerprint density at radius 3 is 2.26 bits per heavy atom. The number of ether oxygens (including phenoxy) is 2. The summed E-state index contributed by atoms with van der Waals surface area (Å²) in [6.07, 6.45) is -1.17. The zero-order chi connectivity index (χ0) is 28.7. The van der Waals surface area contributed by atoms with Crippen molar-refractivity contribution in [2.24, 2.45) is 5.92 Å². The van der Waals surface area contributed by atoms with Crippen LogP contribution in [0.25, 0.3) is 0 Å². The highest BCUT2D eigenvalue weighted by molar-refractivity contribution is 7.92. The van der Waals surface area contributed by atoms with Crippen LogP contribution < -0.4 is 4.74 Å². The summed E-state index contributed by atoms with van der Waals surface area (Å²) in [5.41, 5.74) is 1.28. The summed E-state index contributed by atoms with van der Waals surface area (Å²) in [7, 11) is -2.14.